The molecule has 0 aliphatic carbocycles. The summed E-state index contributed by atoms with van der Waals surface area (Å²) in [6.45, 7) is 7.41. The third-order valence-electron chi connectivity index (χ3n) is 5.13. The van der Waals surface area contributed by atoms with Crippen LogP contribution in [0, 0.1) is 5.92 Å². The summed E-state index contributed by atoms with van der Waals surface area (Å²) in [5.74, 6) is -0.767. The SMILES string of the molecule is CCOC(=O)C1CCCN(C(=O)CCN(C(=O)c2cnccn2)C(C)CC)C1. The van der Waals surface area contributed by atoms with E-state index in [-0.39, 0.29) is 41.9 Å². The number of carbonyl (C=O) groups excluding carboxylic acids is 3. The van der Waals surface area contributed by atoms with Crippen molar-refractivity contribution >= 4 is 17.8 Å². The van der Waals surface area contributed by atoms with E-state index in [4.69, 9.17) is 4.74 Å². The molecule has 1 aliphatic heterocycles. The van der Waals surface area contributed by atoms with Gasteiger partial charge in [0.05, 0.1) is 18.7 Å². The van der Waals surface area contributed by atoms with Crippen molar-refractivity contribution in [2.75, 3.05) is 26.2 Å². The first kappa shape index (κ1) is 21.8. The second-order valence-corrected chi connectivity index (χ2v) is 7.03. The van der Waals surface area contributed by atoms with Crippen molar-refractivity contribution in [3.05, 3.63) is 24.3 Å². The maximum Gasteiger partial charge on any atom is 0.310 e. The first-order valence-electron chi connectivity index (χ1n) is 9.99. The summed E-state index contributed by atoms with van der Waals surface area (Å²) in [6, 6.07) is -0.0176. The highest BCUT2D eigenvalue weighted by Crippen LogP contribution is 2.19. The van der Waals surface area contributed by atoms with Crippen LogP contribution in [-0.4, -0.2) is 69.8 Å². The third-order valence-corrected chi connectivity index (χ3v) is 5.13. The fourth-order valence-corrected chi connectivity index (χ4v) is 3.33. The topological polar surface area (TPSA) is 92.7 Å². The average Bonchev–Trinajstić information content (AvgIpc) is 2.74. The Balaban J connectivity index is 1.97. The Hall–Kier alpha value is -2.51. The number of aromatic nitrogens is 2. The lowest BCUT2D eigenvalue weighted by Gasteiger charge is -2.33. The lowest BCUT2D eigenvalue weighted by atomic mass is 9.98. The number of likely N-dealkylation sites (tertiary alicyclic amines) is 1. The zero-order valence-electron chi connectivity index (χ0n) is 17.0. The Morgan fingerprint density at radius 2 is 2.11 bits per heavy atom. The molecule has 0 bridgehead atoms. The molecule has 2 unspecified atom stereocenters. The zero-order valence-corrected chi connectivity index (χ0v) is 17.0. The minimum atomic E-state index is -0.260. The Kier molecular flexibility index (Phi) is 8.35. The summed E-state index contributed by atoms with van der Waals surface area (Å²) in [7, 11) is 0. The molecule has 1 saturated heterocycles. The standard InChI is InChI=1S/C20H30N4O4/c1-4-15(3)24(19(26)17-13-21-9-10-22-17)12-8-18(25)23-11-6-7-16(14-23)20(27)28-5-2/h9-10,13,15-16H,4-8,11-12,14H2,1-3H3. The van der Waals surface area contributed by atoms with Gasteiger partial charge in [-0.3, -0.25) is 19.4 Å². The van der Waals surface area contributed by atoms with Crippen LogP contribution < -0.4 is 0 Å². The molecule has 0 spiro atoms. The monoisotopic (exact) mass is 390 g/mol. The van der Waals surface area contributed by atoms with E-state index in [2.05, 4.69) is 9.97 Å². The quantitative estimate of drug-likeness (QED) is 0.630. The van der Waals surface area contributed by atoms with Crippen LogP contribution >= 0.6 is 0 Å². The Morgan fingerprint density at radius 3 is 2.75 bits per heavy atom. The first-order valence-corrected chi connectivity index (χ1v) is 9.99. The largest absolute Gasteiger partial charge is 0.466 e. The maximum absolute atomic E-state index is 12.8. The molecule has 1 aromatic heterocycles. The van der Waals surface area contributed by atoms with E-state index in [1.54, 1.807) is 16.7 Å². The zero-order chi connectivity index (χ0) is 20.5. The number of nitrogens with zero attached hydrogens (tertiary/aromatic N) is 4. The number of hydrogen-bond acceptors (Lipinski definition) is 6. The van der Waals surface area contributed by atoms with Crippen molar-refractivity contribution in [3.8, 4) is 0 Å². The fraction of sp³-hybridized carbons (Fsp3) is 0.650. The number of amides is 2. The molecule has 2 rings (SSSR count). The molecule has 2 atom stereocenters. The molecule has 2 heterocycles. The third kappa shape index (κ3) is 5.74. The molecular weight excluding hydrogens is 360 g/mol. The van der Waals surface area contributed by atoms with E-state index < -0.39 is 0 Å². The molecule has 8 nitrogen and oxygen atoms in total. The van der Waals surface area contributed by atoms with Crippen molar-refractivity contribution in [2.45, 2.75) is 52.5 Å². The van der Waals surface area contributed by atoms with Crippen molar-refractivity contribution in [3.63, 3.8) is 0 Å². The van der Waals surface area contributed by atoms with E-state index in [0.717, 1.165) is 19.3 Å². The number of esters is 1. The van der Waals surface area contributed by atoms with Gasteiger partial charge in [-0.2, -0.15) is 0 Å². The number of carbonyl (C=O) groups is 3. The second kappa shape index (κ2) is 10.7. The number of piperidine rings is 1. The summed E-state index contributed by atoms with van der Waals surface area (Å²) in [5.41, 5.74) is 0.274. The van der Waals surface area contributed by atoms with E-state index in [1.807, 2.05) is 13.8 Å². The lowest BCUT2D eigenvalue weighted by Crippen LogP contribution is -2.45. The van der Waals surface area contributed by atoms with Gasteiger partial charge in [-0.1, -0.05) is 6.92 Å². The molecule has 1 fully saturated rings. The average molecular weight is 390 g/mol. The predicted octanol–water partition coefficient (Wildman–Crippen LogP) is 1.91. The van der Waals surface area contributed by atoms with Crippen molar-refractivity contribution in [2.24, 2.45) is 5.92 Å². The molecular formula is C20H30N4O4. The molecule has 8 heteroatoms. The summed E-state index contributed by atoms with van der Waals surface area (Å²) in [5, 5.41) is 0. The summed E-state index contributed by atoms with van der Waals surface area (Å²) in [4.78, 5) is 48.9. The highest BCUT2D eigenvalue weighted by molar-refractivity contribution is 5.92. The van der Waals surface area contributed by atoms with Gasteiger partial charge in [0.15, 0.2) is 0 Å². The van der Waals surface area contributed by atoms with Gasteiger partial charge in [0.1, 0.15) is 5.69 Å². The van der Waals surface area contributed by atoms with E-state index in [0.29, 0.717) is 26.2 Å². The molecule has 2 amide bonds. The molecule has 0 radical (unpaired) electrons. The molecule has 154 valence electrons. The molecule has 0 aromatic carbocycles. The van der Waals surface area contributed by atoms with Crippen LogP contribution in [-0.2, 0) is 14.3 Å². The van der Waals surface area contributed by atoms with Crippen LogP contribution in [0.3, 0.4) is 0 Å². The highest BCUT2D eigenvalue weighted by atomic mass is 16.5. The predicted molar refractivity (Wildman–Crippen MR) is 103 cm³/mol. The minimum absolute atomic E-state index is 0.0176. The second-order valence-electron chi connectivity index (χ2n) is 7.03. The van der Waals surface area contributed by atoms with Crippen LogP contribution in [0.15, 0.2) is 18.6 Å². The van der Waals surface area contributed by atoms with Gasteiger partial charge in [0.25, 0.3) is 5.91 Å². The molecule has 0 saturated carbocycles. The smallest absolute Gasteiger partial charge is 0.310 e. The Labute approximate surface area is 166 Å². The van der Waals surface area contributed by atoms with Gasteiger partial charge in [-0.25, -0.2) is 4.98 Å². The van der Waals surface area contributed by atoms with Crippen molar-refractivity contribution < 1.29 is 19.1 Å². The molecule has 1 aromatic rings. The van der Waals surface area contributed by atoms with Gasteiger partial charge in [0, 0.05) is 44.5 Å². The van der Waals surface area contributed by atoms with Gasteiger partial charge in [0.2, 0.25) is 5.91 Å². The highest BCUT2D eigenvalue weighted by Gasteiger charge is 2.30. The Bertz CT molecular complexity index is 667. The normalized spacial score (nSPS) is 17.7. The number of ether oxygens (including phenoxy) is 1. The van der Waals surface area contributed by atoms with E-state index in [9.17, 15) is 14.4 Å². The van der Waals surface area contributed by atoms with Crippen molar-refractivity contribution in [1.82, 2.24) is 19.8 Å². The molecule has 0 N–H and O–H groups in total. The van der Waals surface area contributed by atoms with Gasteiger partial charge < -0.3 is 14.5 Å². The van der Waals surface area contributed by atoms with Crippen LogP contribution in [0.1, 0.15) is 56.9 Å². The number of rotatable bonds is 8. The van der Waals surface area contributed by atoms with Crippen LogP contribution in [0.2, 0.25) is 0 Å². The van der Waals surface area contributed by atoms with Gasteiger partial charge >= 0.3 is 5.97 Å². The van der Waals surface area contributed by atoms with Crippen LogP contribution in [0.25, 0.3) is 0 Å². The maximum atomic E-state index is 12.8. The molecule has 1 aliphatic rings. The number of hydrogen-bond donors (Lipinski definition) is 0. The Morgan fingerprint density at radius 1 is 1.32 bits per heavy atom. The van der Waals surface area contributed by atoms with Crippen LogP contribution in [0.4, 0.5) is 0 Å². The van der Waals surface area contributed by atoms with Crippen LogP contribution in [0.5, 0.6) is 0 Å². The first-order chi connectivity index (χ1) is 13.5. The van der Waals surface area contributed by atoms with Crippen molar-refractivity contribution in [1.29, 1.82) is 0 Å². The van der Waals surface area contributed by atoms with E-state index in [1.165, 1.54) is 18.6 Å². The summed E-state index contributed by atoms with van der Waals surface area (Å²) < 4.78 is 5.09. The van der Waals surface area contributed by atoms with E-state index >= 15 is 0 Å². The minimum Gasteiger partial charge on any atom is -0.466 e. The molecule has 28 heavy (non-hydrogen) atoms. The summed E-state index contributed by atoms with van der Waals surface area (Å²) >= 11 is 0. The lowest BCUT2D eigenvalue weighted by molar-refractivity contribution is -0.151. The van der Waals surface area contributed by atoms with Gasteiger partial charge in [-0.15, -0.1) is 0 Å². The van der Waals surface area contributed by atoms with Gasteiger partial charge in [-0.05, 0) is 33.1 Å². The fourth-order valence-electron chi connectivity index (χ4n) is 3.33. The summed E-state index contributed by atoms with van der Waals surface area (Å²) in [6.07, 6.45) is 6.95.